The highest BCUT2D eigenvalue weighted by Crippen LogP contribution is 2.18. The van der Waals surface area contributed by atoms with Gasteiger partial charge in [-0.1, -0.05) is 11.2 Å². The first kappa shape index (κ1) is 17.7. The van der Waals surface area contributed by atoms with Gasteiger partial charge in [-0.2, -0.15) is 0 Å². The van der Waals surface area contributed by atoms with Gasteiger partial charge in [-0.05, 0) is 32.4 Å². The van der Waals surface area contributed by atoms with Crippen LogP contribution in [0.2, 0.25) is 0 Å². The third-order valence-electron chi connectivity index (χ3n) is 4.84. The average Bonchev–Trinajstić information content (AvgIpc) is 3.25. The van der Waals surface area contributed by atoms with Gasteiger partial charge in [0.15, 0.2) is 0 Å². The Hall–Kier alpha value is -2.71. The Bertz CT molecular complexity index is 896. The first-order chi connectivity index (χ1) is 13.1. The van der Waals surface area contributed by atoms with Crippen molar-refractivity contribution in [1.82, 2.24) is 19.9 Å². The molecule has 0 radical (unpaired) electrons. The largest absolute Gasteiger partial charge is 0.379 e. The van der Waals surface area contributed by atoms with Gasteiger partial charge in [-0.3, -0.25) is 4.79 Å². The van der Waals surface area contributed by atoms with Crippen molar-refractivity contribution < 1.29 is 18.8 Å². The molecule has 0 aromatic carbocycles. The number of carbonyl (C=O) groups is 1. The van der Waals surface area contributed by atoms with Crippen LogP contribution in [0.5, 0.6) is 0 Å². The van der Waals surface area contributed by atoms with Crippen LogP contribution in [0.4, 0.5) is 0 Å². The molecule has 2 atom stereocenters. The van der Waals surface area contributed by atoms with Gasteiger partial charge in [-0.15, -0.1) is 0 Å². The molecule has 1 amide bonds. The van der Waals surface area contributed by atoms with Crippen molar-refractivity contribution in [2.75, 3.05) is 13.2 Å². The van der Waals surface area contributed by atoms with Gasteiger partial charge >= 0.3 is 0 Å². The number of carbonyl (C=O) groups excluding carboxylic acids is 1. The summed E-state index contributed by atoms with van der Waals surface area (Å²) < 4.78 is 18.6. The normalized spacial score (nSPS) is 20.1. The maximum atomic E-state index is 12.7. The first-order valence-corrected chi connectivity index (χ1v) is 8.97. The zero-order chi connectivity index (χ0) is 18.8. The smallest absolute Gasteiger partial charge is 0.271 e. The molecule has 0 bridgehead atoms. The minimum absolute atomic E-state index is 0.142. The van der Waals surface area contributed by atoms with E-state index in [2.05, 4.69) is 15.5 Å². The number of ether oxygens (including phenoxy) is 2. The second kappa shape index (κ2) is 7.50. The van der Waals surface area contributed by atoms with Crippen molar-refractivity contribution in [3.63, 3.8) is 0 Å². The number of fused-ring (bicyclic) bond motifs is 1. The van der Waals surface area contributed by atoms with Crippen LogP contribution in [0.15, 0.2) is 35.1 Å². The molecule has 8 nitrogen and oxygen atoms in total. The minimum Gasteiger partial charge on any atom is -0.379 e. The van der Waals surface area contributed by atoms with Crippen molar-refractivity contribution in [3.05, 3.63) is 53.3 Å². The summed E-state index contributed by atoms with van der Waals surface area (Å²) in [5.41, 5.74) is 2.87. The molecule has 0 aliphatic carbocycles. The number of aryl methyl sites for hydroxylation is 2. The van der Waals surface area contributed by atoms with E-state index in [-0.39, 0.29) is 18.1 Å². The number of aromatic nitrogens is 3. The van der Waals surface area contributed by atoms with Gasteiger partial charge in [0.1, 0.15) is 23.2 Å². The zero-order valence-corrected chi connectivity index (χ0v) is 15.3. The SMILES string of the molecule is Cc1noc(C)c1COC1COCCC1NC(=O)c1cn2ccccc2n1. The Balaban J connectivity index is 1.43. The monoisotopic (exact) mass is 370 g/mol. The summed E-state index contributed by atoms with van der Waals surface area (Å²) in [6, 6.07) is 5.51. The van der Waals surface area contributed by atoms with Gasteiger partial charge in [0, 0.05) is 24.6 Å². The van der Waals surface area contributed by atoms with E-state index in [9.17, 15) is 4.79 Å². The van der Waals surface area contributed by atoms with E-state index >= 15 is 0 Å². The lowest BCUT2D eigenvalue weighted by Crippen LogP contribution is -2.50. The van der Waals surface area contributed by atoms with Crippen LogP contribution in [-0.4, -0.2) is 45.8 Å². The molecule has 1 aliphatic heterocycles. The average molecular weight is 370 g/mol. The highest BCUT2D eigenvalue weighted by molar-refractivity contribution is 5.93. The van der Waals surface area contributed by atoms with Gasteiger partial charge < -0.3 is 23.7 Å². The number of amides is 1. The molecule has 27 heavy (non-hydrogen) atoms. The molecule has 142 valence electrons. The van der Waals surface area contributed by atoms with E-state index in [1.54, 1.807) is 6.20 Å². The molecular formula is C19H22N4O4. The van der Waals surface area contributed by atoms with Crippen molar-refractivity contribution in [2.45, 2.75) is 39.0 Å². The predicted molar refractivity (Wildman–Crippen MR) is 96.4 cm³/mol. The lowest BCUT2D eigenvalue weighted by atomic mass is 10.1. The van der Waals surface area contributed by atoms with E-state index in [1.807, 2.05) is 42.6 Å². The summed E-state index contributed by atoms with van der Waals surface area (Å²) in [7, 11) is 0. The topological polar surface area (TPSA) is 90.9 Å². The molecule has 1 aliphatic rings. The van der Waals surface area contributed by atoms with Crippen LogP contribution in [0.25, 0.3) is 5.65 Å². The lowest BCUT2D eigenvalue weighted by Gasteiger charge is -2.31. The third-order valence-corrected chi connectivity index (χ3v) is 4.84. The van der Waals surface area contributed by atoms with Gasteiger partial charge in [0.25, 0.3) is 5.91 Å². The molecule has 4 heterocycles. The highest BCUT2D eigenvalue weighted by Gasteiger charge is 2.29. The summed E-state index contributed by atoms with van der Waals surface area (Å²) in [4.78, 5) is 17.0. The number of imidazole rings is 1. The molecule has 8 heteroatoms. The fraction of sp³-hybridized carbons (Fsp3) is 0.421. The second-order valence-electron chi connectivity index (χ2n) is 6.69. The van der Waals surface area contributed by atoms with Crippen molar-refractivity contribution in [2.24, 2.45) is 0 Å². The first-order valence-electron chi connectivity index (χ1n) is 8.97. The Morgan fingerprint density at radius 1 is 1.41 bits per heavy atom. The summed E-state index contributed by atoms with van der Waals surface area (Å²) in [6.07, 6.45) is 4.03. The van der Waals surface area contributed by atoms with Crippen LogP contribution in [0.3, 0.4) is 0 Å². The van der Waals surface area contributed by atoms with Crippen LogP contribution in [-0.2, 0) is 16.1 Å². The molecule has 1 N–H and O–H groups in total. The Morgan fingerprint density at radius 2 is 2.30 bits per heavy atom. The number of rotatable bonds is 5. The summed E-state index contributed by atoms with van der Waals surface area (Å²) in [5.74, 6) is 0.533. The van der Waals surface area contributed by atoms with Gasteiger partial charge in [0.2, 0.25) is 0 Å². The van der Waals surface area contributed by atoms with E-state index < -0.39 is 0 Å². The Labute approximate surface area is 156 Å². The second-order valence-corrected chi connectivity index (χ2v) is 6.69. The quantitative estimate of drug-likeness (QED) is 0.739. The highest BCUT2D eigenvalue weighted by atomic mass is 16.5. The molecule has 3 aromatic rings. The third kappa shape index (κ3) is 3.72. The predicted octanol–water partition coefficient (Wildman–Crippen LogP) is 2.04. The fourth-order valence-corrected chi connectivity index (χ4v) is 3.23. The van der Waals surface area contributed by atoms with Crippen molar-refractivity contribution in [3.8, 4) is 0 Å². The molecule has 2 unspecified atom stereocenters. The fourth-order valence-electron chi connectivity index (χ4n) is 3.23. The van der Waals surface area contributed by atoms with Crippen molar-refractivity contribution in [1.29, 1.82) is 0 Å². The maximum absolute atomic E-state index is 12.7. The molecular weight excluding hydrogens is 348 g/mol. The van der Waals surface area contributed by atoms with Crippen LogP contribution in [0.1, 0.15) is 33.9 Å². The molecule has 0 spiro atoms. The Morgan fingerprint density at radius 3 is 3.07 bits per heavy atom. The number of nitrogens with one attached hydrogen (secondary N) is 1. The van der Waals surface area contributed by atoms with E-state index in [0.29, 0.717) is 31.9 Å². The van der Waals surface area contributed by atoms with E-state index in [0.717, 1.165) is 22.7 Å². The van der Waals surface area contributed by atoms with E-state index in [1.165, 1.54) is 0 Å². The molecule has 3 aromatic heterocycles. The zero-order valence-electron chi connectivity index (χ0n) is 15.3. The van der Waals surface area contributed by atoms with Crippen LogP contribution >= 0.6 is 0 Å². The van der Waals surface area contributed by atoms with Crippen LogP contribution < -0.4 is 5.32 Å². The molecule has 4 rings (SSSR count). The number of pyridine rings is 1. The van der Waals surface area contributed by atoms with Crippen molar-refractivity contribution >= 4 is 11.6 Å². The summed E-state index contributed by atoms with van der Waals surface area (Å²) >= 11 is 0. The Kier molecular flexibility index (Phi) is 4.91. The molecule has 1 fully saturated rings. The lowest BCUT2D eigenvalue weighted by molar-refractivity contribution is -0.0739. The summed E-state index contributed by atoms with van der Waals surface area (Å²) in [6.45, 7) is 5.13. The number of nitrogens with zero attached hydrogens (tertiary/aromatic N) is 3. The standard InChI is InChI=1S/C19H22N4O4/c1-12-14(13(2)27-22-12)10-26-17-11-25-8-6-15(17)21-19(24)16-9-23-7-4-3-5-18(23)20-16/h3-5,7,9,15,17H,6,8,10-11H2,1-2H3,(H,21,24). The van der Waals surface area contributed by atoms with Gasteiger partial charge in [0.05, 0.1) is 24.9 Å². The van der Waals surface area contributed by atoms with Crippen LogP contribution in [0, 0.1) is 13.8 Å². The minimum atomic E-state index is -0.242. The maximum Gasteiger partial charge on any atom is 0.271 e. The molecule has 0 saturated carbocycles. The number of hydrogen-bond donors (Lipinski definition) is 1. The molecule has 1 saturated heterocycles. The summed E-state index contributed by atoms with van der Waals surface area (Å²) in [5, 5.41) is 6.99. The van der Waals surface area contributed by atoms with E-state index in [4.69, 9.17) is 14.0 Å². The van der Waals surface area contributed by atoms with Gasteiger partial charge in [-0.25, -0.2) is 4.98 Å². The number of hydrogen-bond acceptors (Lipinski definition) is 6.